The maximum absolute atomic E-state index is 12.6. The molecule has 0 aliphatic heterocycles. The first kappa shape index (κ1) is 55.3. The zero-order chi connectivity index (χ0) is 42.6. The molecule has 2 unspecified atom stereocenters. The first-order valence-electron chi connectivity index (χ1n) is 21.4. The Kier molecular flexibility index (Phi) is 35.1. The van der Waals surface area contributed by atoms with Crippen LogP contribution in [0.2, 0.25) is 0 Å². The molecule has 0 aliphatic carbocycles. The van der Waals surface area contributed by atoms with Gasteiger partial charge in [0.15, 0.2) is 11.9 Å². The van der Waals surface area contributed by atoms with E-state index in [9.17, 15) is 33.5 Å². The lowest BCUT2D eigenvalue weighted by molar-refractivity contribution is -0.161. The van der Waals surface area contributed by atoms with Gasteiger partial charge < -0.3 is 29.3 Å². The van der Waals surface area contributed by atoms with Crippen molar-refractivity contribution in [3.63, 3.8) is 0 Å². The van der Waals surface area contributed by atoms with E-state index in [1.54, 1.807) is 12.2 Å². The first-order chi connectivity index (χ1) is 27.2. The van der Waals surface area contributed by atoms with Crippen molar-refractivity contribution in [3.05, 3.63) is 24.3 Å². The van der Waals surface area contributed by atoms with Crippen LogP contribution >= 0.6 is 15.6 Å². The van der Waals surface area contributed by atoms with Gasteiger partial charge in [0.05, 0.1) is 19.8 Å². The average Bonchev–Trinajstić information content (AvgIpc) is 3.16. The van der Waals surface area contributed by atoms with Crippen LogP contribution in [-0.4, -0.2) is 76.1 Å². The Bertz CT molecular complexity index is 1190. The summed E-state index contributed by atoms with van der Waals surface area (Å²) < 4.78 is 47.7. The van der Waals surface area contributed by atoms with Crippen molar-refractivity contribution in [1.82, 2.24) is 0 Å². The number of aliphatic hydroxyl groups is 1. The molecule has 334 valence electrons. The molecule has 0 radical (unpaired) electrons. The molecular formula is C41H76O14P2. The van der Waals surface area contributed by atoms with Crippen LogP contribution in [0.1, 0.15) is 175 Å². The number of phosphoric acid groups is 2. The molecule has 0 fully saturated rings. The molecule has 0 amide bonds. The molecule has 14 nitrogen and oxygen atoms in total. The van der Waals surface area contributed by atoms with Crippen molar-refractivity contribution in [1.29, 1.82) is 0 Å². The van der Waals surface area contributed by atoms with Gasteiger partial charge in [-0.2, -0.15) is 0 Å². The van der Waals surface area contributed by atoms with Crippen LogP contribution < -0.4 is 0 Å². The number of esters is 2. The van der Waals surface area contributed by atoms with E-state index in [0.717, 1.165) is 76.5 Å². The smallest absolute Gasteiger partial charge is 0.462 e. The minimum atomic E-state index is -4.87. The summed E-state index contributed by atoms with van der Waals surface area (Å²) in [5.74, 6) is -0.124. The number of ether oxygens (including phenoxy) is 2. The van der Waals surface area contributed by atoms with Gasteiger partial charge in [-0.15, -0.1) is 0 Å². The predicted molar refractivity (Wildman–Crippen MR) is 221 cm³/mol. The van der Waals surface area contributed by atoms with Crippen LogP contribution in [-0.2, 0) is 46.6 Å². The van der Waals surface area contributed by atoms with Crippen molar-refractivity contribution >= 4 is 33.4 Å². The van der Waals surface area contributed by atoms with Gasteiger partial charge in [0, 0.05) is 19.3 Å². The monoisotopic (exact) mass is 854 g/mol. The van der Waals surface area contributed by atoms with Gasteiger partial charge in [0.25, 0.3) is 0 Å². The maximum atomic E-state index is 12.6. The number of hydrogen-bond acceptors (Lipinski definition) is 11. The molecule has 0 bridgehead atoms. The number of phosphoric ester groups is 2. The van der Waals surface area contributed by atoms with Crippen molar-refractivity contribution in [3.8, 4) is 0 Å². The molecule has 16 heteroatoms. The Morgan fingerprint density at radius 2 is 1.14 bits per heavy atom. The Balaban J connectivity index is 4.60. The Hall–Kier alpha value is -1.73. The number of carbonyl (C=O) groups excluding carboxylic acids is 3. The lowest BCUT2D eigenvalue weighted by Crippen LogP contribution is -2.30. The summed E-state index contributed by atoms with van der Waals surface area (Å²) in [7, 11) is -9.69. The van der Waals surface area contributed by atoms with Gasteiger partial charge in [0.1, 0.15) is 12.7 Å². The maximum Gasteiger partial charge on any atom is 0.472 e. The highest BCUT2D eigenvalue weighted by molar-refractivity contribution is 7.47. The molecule has 0 aromatic heterocycles. The van der Waals surface area contributed by atoms with Gasteiger partial charge in [-0.25, -0.2) is 9.13 Å². The van der Waals surface area contributed by atoms with E-state index in [2.05, 4.69) is 29.8 Å². The second-order valence-corrected chi connectivity index (χ2v) is 17.6. The molecule has 0 aromatic rings. The highest BCUT2D eigenvalue weighted by atomic mass is 31.2. The average molecular weight is 855 g/mol. The number of unbranched alkanes of at least 4 members (excludes halogenated alkanes) is 16. The number of allylic oxidation sites excluding steroid dienone is 4. The van der Waals surface area contributed by atoms with Crippen LogP contribution in [0.3, 0.4) is 0 Å². The van der Waals surface area contributed by atoms with Crippen LogP contribution in [0.25, 0.3) is 0 Å². The van der Waals surface area contributed by atoms with Crippen molar-refractivity contribution in [2.24, 2.45) is 5.92 Å². The molecule has 0 rings (SSSR count). The molecular weight excluding hydrogens is 778 g/mol. The van der Waals surface area contributed by atoms with Crippen LogP contribution in [0.15, 0.2) is 24.3 Å². The third kappa shape index (κ3) is 39.5. The first-order valence-corrected chi connectivity index (χ1v) is 24.4. The number of aliphatic hydroxyl groups excluding tert-OH is 1. The predicted octanol–water partition coefficient (Wildman–Crippen LogP) is 9.76. The molecule has 4 N–H and O–H groups in total. The van der Waals surface area contributed by atoms with Gasteiger partial charge >= 0.3 is 27.6 Å². The second kappa shape index (κ2) is 36.1. The van der Waals surface area contributed by atoms with E-state index < -0.39 is 66.2 Å². The summed E-state index contributed by atoms with van der Waals surface area (Å²) >= 11 is 0. The topological polar surface area (TPSA) is 212 Å². The van der Waals surface area contributed by atoms with Crippen LogP contribution in [0, 0.1) is 5.92 Å². The fourth-order valence-corrected chi connectivity index (χ4v) is 6.81. The normalized spacial score (nSPS) is 14.8. The summed E-state index contributed by atoms with van der Waals surface area (Å²) in [5, 5.41) is 9.73. The fraction of sp³-hybridized carbons (Fsp3) is 0.829. The van der Waals surface area contributed by atoms with Crippen LogP contribution in [0.4, 0.5) is 0 Å². The summed E-state index contributed by atoms with van der Waals surface area (Å²) in [6, 6.07) is 0. The van der Waals surface area contributed by atoms with E-state index in [0.29, 0.717) is 19.3 Å². The van der Waals surface area contributed by atoms with Crippen LogP contribution in [0.5, 0.6) is 0 Å². The highest BCUT2D eigenvalue weighted by Crippen LogP contribution is 2.43. The quantitative estimate of drug-likeness (QED) is 0.0149. The zero-order valence-electron chi connectivity index (χ0n) is 35.1. The van der Waals surface area contributed by atoms with Gasteiger partial charge in [-0.3, -0.25) is 28.0 Å². The molecule has 0 aromatic carbocycles. The molecule has 0 aliphatic rings. The summed E-state index contributed by atoms with van der Waals surface area (Å²) in [4.78, 5) is 64.4. The standard InChI is InChI=1S/C41H76O14P2/c1-4-6-22-28-37(42)29-24-19-15-11-9-13-17-21-26-31-41(45)55-39(35-54-57(49,50)53-33-38(43)32-52-56(46,47)48)34-51-40(44)30-25-20-16-12-8-7-10-14-18-23-27-36(3)5-2/h15,19,24,29,36,38-39,43H,4-14,16-18,20-23,25-28,30-35H2,1-3H3,(H,49,50)(H2,46,47,48)/b19-15-,29-24+/t36?,38-,39+/m0/s1. The van der Waals surface area contributed by atoms with Gasteiger partial charge in [0.2, 0.25) is 0 Å². The lowest BCUT2D eigenvalue weighted by atomic mass is 9.99. The molecule has 0 saturated carbocycles. The highest BCUT2D eigenvalue weighted by Gasteiger charge is 2.28. The molecule has 0 spiro atoms. The van der Waals surface area contributed by atoms with E-state index in [1.807, 2.05) is 12.2 Å². The number of carbonyl (C=O) groups is 3. The minimum absolute atomic E-state index is 0.0821. The molecule has 0 saturated heterocycles. The number of ketones is 1. The molecule has 4 atom stereocenters. The SMILES string of the molecule is CCCCCC(=O)/C=C/C=C\CCCCCCCC(=O)O[C@H](COC(=O)CCCCCCCCCCCCC(C)CC)COP(=O)(O)OC[C@@H](O)COP(=O)(O)O. The van der Waals surface area contributed by atoms with Gasteiger partial charge in [-0.1, -0.05) is 142 Å². The van der Waals surface area contributed by atoms with Gasteiger partial charge in [-0.05, 0) is 44.1 Å². The number of rotatable bonds is 40. The Labute approximate surface area is 342 Å². The van der Waals surface area contributed by atoms with E-state index in [-0.39, 0.29) is 18.6 Å². The van der Waals surface area contributed by atoms with E-state index in [1.165, 1.54) is 51.4 Å². The second-order valence-electron chi connectivity index (χ2n) is 14.9. The Morgan fingerprint density at radius 3 is 1.74 bits per heavy atom. The molecule has 0 heterocycles. The summed E-state index contributed by atoms with van der Waals surface area (Å²) in [5.41, 5.74) is 0. The third-order valence-electron chi connectivity index (χ3n) is 9.35. The third-order valence-corrected chi connectivity index (χ3v) is 10.8. The minimum Gasteiger partial charge on any atom is -0.462 e. The fourth-order valence-electron chi connectivity index (χ4n) is 5.66. The van der Waals surface area contributed by atoms with Crippen molar-refractivity contribution in [2.75, 3.05) is 26.4 Å². The zero-order valence-corrected chi connectivity index (χ0v) is 36.9. The van der Waals surface area contributed by atoms with E-state index >= 15 is 0 Å². The lowest BCUT2D eigenvalue weighted by Gasteiger charge is -2.20. The van der Waals surface area contributed by atoms with E-state index in [4.69, 9.17) is 23.8 Å². The molecule has 57 heavy (non-hydrogen) atoms. The van der Waals surface area contributed by atoms with Crippen molar-refractivity contribution in [2.45, 2.75) is 187 Å². The summed E-state index contributed by atoms with van der Waals surface area (Å²) in [6.07, 6.45) is 27.3. The summed E-state index contributed by atoms with van der Waals surface area (Å²) in [6.45, 7) is 3.88. The van der Waals surface area contributed by atoms with Crippen molar-refractivity contribution < 1.29 is 66.3 Å². The number of hydrogen-bond donors (Lipinski definition) is 4. The largest absolute Gasteiger partial charge is 0.472 e. The Morgan fingerprint density at radius 1 is 0.614 bits per heavy atom.